The normalized spacial score (nSPS) is 22.2. The second-order valence-corrected chi connectivity index (χ2v) is 4.54. The number of likely N-dealkylation sites (N-methyl/N-ethyl adjacent to an activating group) is 1. The molecule has 0 bridgehead atoms. The fraction of sp³-hybridized carbons (Fsp3) is 0.231. The lowest BCUT2D eigenvalue weighted by atomic mass is 9.96. The number of urea groups is 1. The molecule has 3 rings (SSSR count). The van der Waals surface area contributed by atoms with Gasteiger partial charge in [-0.3, -0.25) is 9.69 Å². The molecule has 2 heterocycles. The summed E-state index contributed by atoms with van der Waals surface area (Å²) in [4.78, 5) is 25.2. The summed E-state index contributed by atoms with van der Waals surface area (Å²) >= 11 is 0. The molecule has 0 aromatic heterocycles. The van der Waals surface area contributed by atoms with E-state index >= 15 is 0 Å². The zero-order valence-corrected chi connectivity index (χ0v) is 10.2. The van der Waals surface area contributed by atoms with Crippen molar-refractivity contribution in [3.63, 3.8) is 0 Å². The maximum Gasteiger partial charge on any atom is 0.322 e. The third-order valence-electron chi connectivity index (χ3n) is 3.42. The average molecular weight is 261 g/mol. The van der Waals surface area contributed by atoms with E-state index in [-0.39, 0.29) is 11.9 Å². The number of nitrogens with zero attached hydrogens (tertiary/aromatic N) is 1. The Kier molecular flexibility index (Phi) is 2.51. The van der Waals surface area contributed by atoms with E-state index in [0.29, 0.717) is 23.4 Å². The summed E-state index contributed by atoms with van der Waals surface area (Å²) in [5, 5.41) is 5.40. The van der Waals surface area contributed by atoms with Crippen LogP contribution in [0.2, 0.25) is 0 Å². The van der Waals surface area contributed by atoms with Gasteiger partial charge in [0.1, 0.15) is 5.82 Å². The number of nitrogens with one attached hydrogen (secondary N) is 2. The minimum Gasteiger partial charge on any atom is -0.347 e. The highest BCUT2D eigenvalue weighted by molar-refractivity contribution is 6.01. The van der Waals surface area contributed by atoms with Crippen LogP contribution in [-0.2, 0) is 4.79 Å². The van der Waals surface area contributed by atoms with Gasteiger partial charge in [0.25, 0.3) is 5.91 Å². The topological polar surface area (TPSA) is 61.4 Å². The lowest BCUT2D eigenvalue weighted by molar-refractivity contribution is -0.116. The Labute approximate surface area is 109 Å². The standard InChI is InChI=1S/C13H12FN3O2/c1-17-9-6-15-12(18)10(9)11(16-13(17)19)7-3-2-4-8(14)5-7/h2-5,11H,6H2,1H3,(H,15,18)(H,16,19). The average Bonchev–Trinajstić information content (AvgIpc) is 2.76. The van der Waals surface area contributed by atoms with Crippen LogP contribution >= 0.6 is 0 Å². The Balaban J connectivity index is 2.10. The van der Waals surface area contributed by atoms with Crippen molar-refractivity contribution in [3.05, 3.63) is 46.9 Å². The van der Waals surface area contributed by atoms with E-state index in [2.05, 4.69) is 10.6 Å². The molecule has 19 heavy (non-hydrogen) atoms. The number of benzene rings is 1. The molecule has 2 N–H and O–H groups in total. The molecule has 0 spiro atoms. The molecule has 6 heteroatoms. The van der Waals surface area contributed by atoms with Gasteiger partial charge >= 0.3 is 6.03 Å². The molecular weight excluding hydrogens is 249 g/mol. The fourth-order valence-corrected chi connectivity index (χ4v) is 2.43. The minimum absolute atomic E-state index is 0.226. The van der Waals surface area contributed by atoms with Gasteiger partial charge in [-0.25, -0.2) is 9.18 Å². The van der Waals surface area contributed by atoms with Crippen LogP contribution < -0.4 is 10.6 Å². The van der Waals surface area contributed by atoms with Crippen LogP contribution in [0.3, 0.4) is 0 Å². The lowest BCUT2D eigenvalue weighted by Crippen LogP contribution is -2.45. The van der Waals surface area contributed by atoms with Crippen LogP contribution in [-0.4, -0.2) is 30.4 Å². The molecule has 0 fully saturated rings. The Morgan fingerprint density at radius 3 is 2.89 bits per heavy atom. The van der Waals surface area contributed by atoms with Gasteiger partial charge in [-0.15, -0.1) is 0 Å². The maximum atomic E-state index is 13.3. The summed E-state index contributed by atoms with van der Waals surface area (Å²) in [6, 6.07) is 5.00. The molecule has 3 amide bonds. The number of carbonyl (C=O) groups is 2. The van der Waals surface area contributed by atoms with E-state index in [9.17, 15) is 14.0 Å². The molecule has 1 aromatic carbocycles. The van der Waals surface area contributed by atoms with Crippen LogP contribution in [0, 0.1) is 5.82 Å². The quantitative estimate of drug-likeness (QED) is 0.789. The van der Waals surface area contributed by atoms with Crippen LogP contribution in [0.4, 0.5) is 9.18 Å². The van der Waals surface area contributed by atoms with Crippen molar-refractivity contribution in [2.45, 2.75) is 6.04 Å². The summed E-state index contributed by atoms with van der Waals surface area (Å²) in [5.41, 5.74) is 1.68. The van der Waals surface area contributed by atoms with Gasteiger partial charge in [-0.05, 0) is 17.7 Å². The number of halogens is 1. The lowest BCUT2D eigenvalue weighted by Gasteiger charge is -2.31. The first-order valence-electron chi connectivity index (χ1n) is 5.89. The van der Waals surface area contributed by atoms with Crippen LogP contribution in [0.5, 0.6) is 0 Å². The fourth-order valence-electron chi connectivity index (χ4n) is 2.43. The van der Waals surface area contributed by atoms with Gasteiger partial charge in [0, 0.05) is 7.05 Å². The highest BCUT2D eigenvalue weighted by Crippen LogP contribution is 2.32. The van der Waals surface area contributed by atoms with Crippen molar-refractivity contribution in [2.24, 2.45) is 0 Å². The summed E-state index contributed by atoms with van der Waals surface area (Å²) in [6.45, 7) is 0.323. The molecule has 0 saturated carbocycles. The smallest absolute Gasteiger partial charge is 0.322 e. The van der Waals surface area contributed by atoms with Crippen molar-refractivity contribution in [3.8, 4) is 0 Å². The van der Waals surface area contributed by atoms with Gasteiger partial charge in [0.15, 0.2) is 0 Å². The van der Waals surface area contributed by atoms with E-state index in [1.165, 1.54) is 17.0 Å². The Bertz CT molecular complexity index is 612. The summed E-state index contributed by atoms with van der Waals surface area (Å²) in [5.74, 6) is -0.623. The molecule has 0 aliphatic carbocycles. The third-order valence-corrected chi connectivity index (χ3v) is 3.42. The van der Waals surface area contributed by atoms with Crippen LogP contribution in [0.15, 0.2) is 35.5 Å². The third kappa shape index (κ3) is 1.76. The van der Waals surface area contributed by atoms with Crippen molar-refractivity contribution >= 4 is 11.9 Å². The second-order valence-electron chi connectivity index (χ2n) is 4.54. The largest absolute Gasteiger partial charge is 0.347 e. The molecule has 2 aliphatic rings. The van der Waals surface area contributed by atoms with Crippen LogP contribution in [0.1, 0.15) is 11.6 Å². The molecule has 5 nitrogen and oxygen atoms in total. The number of hydrogen-bond acceptors (Lipinski definition) is 2. The molecule has 1 atom stereocenters. The first-order valence-corrected chi connectivity index (χ1v) is 5.89. The van der Waals surface area contributed by atoms with Gasteiger partial charge in [-0.2, -0.15) is 0 Å². The minimum atomic E-state index is -0.600. The van der Waals surface area contributed by atoms with Crippen molar-refractivity contribution in [1.29, 1.82) is 0 Å². The highest BCUT2D eigenvalue weighted by atomic mass is 19.1. The summed E-state index contributed by atoms with van der Waals surface area (Å²) < 4.78 is 13.3. The summed E-state index contributed by atoms with van der Waals surface area (Å²) in [6.07, 6.45) is 0. The zero-order valence-electron chi connectivity index (χ0n) is 10.2. The first-order chi connectivity index (χ1) is 9.08. The Hall–Kier alpha value is -2.37. The van der Waals surface area contributed by atoms with Gasteiger partial charge in [0.2, 0.25) is 0 Å². The van der Waals surface area contributed by atoms with Crippen molar-refractivity contribution in [2.75, 3.05) is 13.6 Å². The predicted octanol–water partition coefficient (Wildman–Crippen LogP) is 0.906. The summed E-state index contributed by atoms with van der Waals surface area (Å²) in [7, 11) is 1.60. The molecule has 1 unspecified atom stereocenters. The van der Waals surface area contributed by atoms with E-state index in [0.717, 1.165) is 0 Å². The van der Waals surface area contributed by atoms with Crippen molar-refractivity contribution in [1.82, 2.24) is 15.5 Å². The van der Waals surface area contributed by atoms with E-state index in [1.807, 2.05) is 0 Å². The maximum absolute atomic E-state index is 13.3. The predicted molar refractivity (Wildman–Crippen MR) is 65.5 cm³/mol. The van der Waals surface area contributed by atoms with Crippen LogP contribution in [0.25, 0.3) is 0 Å². The molecule has 0 saturated heterocycles. The molecule has 0 radical (unpaired) electrons. The molecule has 1 aromatic rings. The van der Waals surface area contributed by atoms with Gasteiger partial charge in [-0.1, -0.05) is 12.1 Å². The molecular formula is C13H12FN3O2. The van der Waals surface area contributed by atoms with E-state index in [1.54, 1.807) is 19.2 Å². The Morgan fingerprint density at radius 2 is 2.16 bits per heavy atom. The number of rotatable bonds is 1. The Morgan fingerprint density at radius 1 is 1.37 bits per heavy atom. The van der Waals surface area contributed by atoms with E-state index < -0.39 is 11.9 Å². The first kappa shape index (κ1) is 11.7. The van der Waals surface area contributed by atoms with E-state index in [4.69, 9.17) is 0 Å². The monoisotopic (exact) mass is 261 g/mol. The zero-order chi connectivity index (χ0) is 13.6. The van der Waals surface area contributed by atoms with Crippen molar-refractivity contribution < 1.29 is 14.0 Å². The SMILES string of the molecule is CN1C(=O)NC(c2cccc(F)c2)C2=C1CNC2=O. The highest BCUT2D eigenvalue weighted by Gasteiger charge is 2.39. The molecule has 98 valence electrons. The van der Waals surface area contributed by atoms with Gasteiger partial charge < -0.3 is 10.6 Å². The van der Waals surface area contributed by atoms with Gasteiger partial charge in [0.05, 0.1) is 23.9 Å². The molecule has 2 aliphatic heterocycles. The number of carbonyl (C=O) groups excluding carboxylic acids is 2. The number of amides is 3. The second kappa shape index (κ2) is 4.08. The number of hydrogen-bond donors (Lipinski definition) is 2.